The van der Waals surface area contributed by atoms with Crippen LogP contribution in [0.1, 0.15) is 27.3 Å². The Bertz CT molecular complexity index is 1080. The Morgan fingerprint density at radius 2 is 1.83 bits per heavy atom. The van der Waals surface area contributed by atoms with Crippen molar-refractivity contribution in [1.82, 2.24) is 9.99 Å². The van der Waals surface area contributed by atoms with Crippen LogP contribution in [0.4, 0.5) is 0 Å². The van der Waals surface area contributed by atoms with Gasteiger partial charge >= 0.3 is 0 Å². The lowest BCUT2D eigenvalue weighted by Crippen LogP contribution is -2.18. The summed E-state index contributed by atoms with van der Waals surface area (Å²) in [5.74, 6) is 1.51. The smallest absolute Gasteiger partial charge is 0.271 e. The van der Waals surface area contributed by atoms with Crippen LogP contribution in [0.2, 0.25) is 0 Å². The number of rotatable bonds is 5. The molecule has 3 aromatic rings. The second kappa shape index (κ2) is 7.71. The van der Waals surface area contributed by atoms with Crippen molar-refractivity contribution in [2.24, 2.45) is 5.10 Å². The summed E-state index contributed by atoms with van der Waals surface area (Å²) in [4.78, 5) is 12.6. The van der Waals surface area contributed by atoms with E-state index in [0.717, 1.165) is 17.1 Å². The Kier molecular flexibility index (Phi) is 4.95. The van der Waals surface area contributed by atoms with Crippen LogP contribution in [0.3, 0.4) is 0 Å². The van der Waals surface area contributed by atoms with E-state index in [0.29, 0.717) is 28.4 Å². The molecule has 0 fully saturated rings. The number of fused-ring (bicyclic) bond motifs is 1. The van der Waals surface area contributed by atoms with Crippen LogP contribution < -0.4 is 19.6 Å². The van der Waals surface area contributed by atoms with Crippen molar-refractivity contribution in [3.8, 4) is 22.9 Å². The normalized spacial score (nSPS) is 12.4. The molecule has 0 bridgehead atoms. The fourth-order valence-corrected chi connectivity index (χ4v) is 3.30. The van der Waals surface area contributed by atoms with E-state index in [2.05, 4.69) is 15.1 Å². The van der Waals surface area contributed by atoms with Gasteiger partial charge in [0.25, 0.3) is 5.91 Å². The zero-order valence-corrected chi connectivity index (χ0v) is 16.4. The fraction of sp³-hybridized carbons (Fsp3) is 0.182. The predicted molar refractivity (Wildman–Crippen MR) is 109 cm³/mol. The monoisotopic (exact) mass is 391 g/mol. The largest absolute Gasteiger partial charge is 0.496 e. The van der Waals surface area contributed by atoms with Crippen molar-refractivity contribution >= 4 is 12.1 Å². The number of nitrogens with zero attached hydrogens (tertiary/aromatic N) is 2. The predicted octanol–water partition coefficient (Wildman–Crippen LogP) is 3.60. The first-order valence-electron chi connectivity index (χ1n) is 9.13. The molecule has 1 amide bonds. The molecule has 0 unspecified atom stereocenters. The highest BCUT2D eigenvalue weighted by molar-refractivity contribution is 5.95. The van der Waals surface area contributed by atoms with E-state index in [1.54, 1.807) is 25.3 Å². The van der Waals surface area contributed by atoms with Gasteiger partial charge in [0.05, 0.1) is 13.3 Å². The summed E-state index contributed by atoms with van der Waals surface area (Å²) in [5, 5.41) is 4.07. The Hall–Kier alpha value is -3.74. The number of amides is 1. The highest BCUT2D eigenvalue weighted by Gasteiger charge is 2.17. The molecule has 0 atom stereocenters. The molecule has 1 aliphatic rings. The molecular weight excluding hydrogens is 370 g/mol. The first kappa shape index (κ1) is 18.6. The van der Waals surface area contributed by atoms with Gasteiger partial charge in [0.1, 0.15) is 5.75 Å². The van der Waals surface area contributed by atoms with Gasteiger partial charge in [-0.15, -0.1) is 0 Å². The van der Waals surface area contributed by atoms with E-state index < -0.39 is 0 Å². The van der Waals surface area contributed by atoms with E-state index >= 15 is 0 Å². The van der Waals surface area contributed by atoms with Crippen LogP contribution in [-0.4, -0.2) is 30.6 Å². The van der Waals surface area contributed by atoms with Crippen molar-refractivity contribution in [2.75, 3.05) is 13.9 Å². The number of benzene rings is 2. The minimum absolute atomic E-state index is 0.173. The minimum Gasteiger partial charge on any atom is -0.496 e. The molecule has 1 aliphatic heterocycles. The number of methoxy groups -OCH3 is 1. The third kappa shape index (κ3) is 3.67. The number of ether oxygens (including phenoxy) is 3. The number of hydrogen-bond acceptors (Lipinski definition) is 5. The molecule has 2 aromatic carbocycles. The van der Waals surface area contributed by atoms with Crippen molar-refractivity contribution in [3.63, 3.8) is 0 Å². The molecule has 0 spiro atoms. The minimum atomic E-state index is -0.301. The SMILES string of the molecule is COc1cc2c(cc1/C=N/NC(=O)c1cccc(-n3c(C)ccc3C)c1)OCO2. The number of aromatic nitrogens is 1. The molecule has 0 saturated heterocycles. The fourth-order valence-electron chi connectivity index (χ4n) is 3.30. The third-order valence-corrected chi connectivity index (χ3v) is 4.73. The molecule has 1 N–H and O–H groups in total. The lowest BCUT2D eigenvalue weighted by Gasteiger charge is -2.10. The van der Waals surface area contributed by atoms with Gasteiger partial charge in [0, 0.05) is 34.3 Å². The zero-order valence-electron chi connectivity index (χ0n) is 16.4. The summed E-state index contributed by atoms with van der Waals surface area (Å²) in [6.07, 6.45) is 1.52. The average molecular weight is 391 g/mol. The molecule has 4 rings (SSSR count). The van der Waals surface area contributed by atoms with E-state index in [-0.39, 0.29) is 12.7 Å². The van der Waals surface area contributed by atoms with E-state index in [4.69, 9.17) is 14.2 Å². The van der Waals surface area contributed by atoms with Crippen molar-refractivity contribution < 1.29 is 19.0 Å². The van der Waals surface area contributed by atoms with Gasteiger partial charge in [-0.2, -0.15) is 5.10 Å². The summed E-state index contributed by atoms with van der Waals surface area (Å²) in [7, 11) is 1.56. The first-order valence-corrected chi connectivity index (χ1v) is 9.13. The molecule has 7 nitrogen and oxygen atoms in total. The molecule has 2 heterocycles. The maximum absolute atomic E-state index is 12.6. The van der Waals surface area contributed by atoms with Crippen molar-refractivity contribution in [2.45, 2.75) is 13.8 Å². The van der Waals surface area contributed by atoms with Gasteiger partial charge in [-0.05, 0) is 50.2 Å². The summed E-state index contributed by atoms with van der Waals surface area (Å²) in [6, 6.07) is 15.0. The van der Waals surface area contributed by atoms with Gasteiger partial charge in [-0.1, -0.05) is 6.07 Å². The van der Waals surface area contributed by atoms with Crippen LogP contribution in [0.25, 0.3) is 5.69 Å². The average Bonchev–Trinajstić information content (AvgIpc) is 3.32. The van der Waals surface area contributed by atoms with Crippen LogP contribution in [0, 0.1) is 13.8 Å². The molecular formula is C22H21N3O4. The number of carbonyl (C=O) groups excluding carboxylic acids is 1. The van der Waals surface area contributed by atoms with E-state index in [1.807, 2.05) is 44.2 Å². The van der Waals surface area contributed by atoms with Gasteiger partial charge in [0.2, 0.25) is 6.79 Å². The van der Waals surface area contributed by atoms with E-state index in [9.17, 15) is 4.79 Å². The molecule has 0 saturated carbocycles. The lowest BCUT2D eigenvalue weighted by molar-refractivity contribution is 0.0955. The second-order valence-corrected chi connectivity index (χ2v) is 6.65. The second-order valence-electron chi connectivity index (χ2n) is 6.65. The lowest BCUT2D eigenvalue weighted by atomic mass is 10.2. The van der Waals surface area contributed by atoms with Gasteiger partial charge in [0.15, 0.2) is 11.5 Å². The molecule has 29 heavy (non-hydrogen) atoms. The third-order valence-electron chi connectivity index (χ3n) is 4.73. The Morgan fingerprint density at radius 1 is 1.10 bits per heavy atom. The van der Waals surface area contributed by atoms with Crippen LogP contribution >= 0.6 is 0 Å². The molecule has 7 heteroatoms. The van der Waals surface area contributed by atoms with Gasteiger partial charge < -0.3 is 18.8 Å². The maximum Gasteiger partial charge on any atom is 0.271 e. The maximum atomic E-state index is 12.6. The molecule has 1 aromatic heterocycles. The Balaban J connectivity index is 1.52. The Morgan fingerprint density at radius 3 is 2.55 bits per heavy atom. The zero-order chi connectivity index (χ0) is 20.4. The first-order chi connectivity index (χ1) is 14.1. The summed E-state index contributed by atoms with van der Waals surface area (Å²) >= 11 is 0. The van der Waals surface area contributed by atoms with Crippen LogP contribution in [0.5, 0.6) is 17.2 Å². The molecule has 0 aliphatic carbocycles. The van der Waals surface area contributed by atoms with Gasteiger partial charge in [-0.3, -0.25) is 4.79 Å². The number of hydrazone groups is 1. The molecule has 148 valence electrons. The van der Waals surface area contributed by atoms with Crippen molar-refractivity contribution in [3.05, 3.63) is 71.0 Å². The highest BCUT2D eigenvalue weighted by atomic mass is 16.7. The van der Waals surface area contributed by atoms with Crippen LogP contribution in [-0.2, 0) is 0 Å². The van der Waals surface area contributed by atoms with Crippen LogP contribution in [0.15, 0.2) is 53.6 Å². The summed E-state index contributed by atoms with van der Waals surface area (Å²) in [6.45, 7) is 4.23. The standard InChI is InChI=1S/C22H21N3O4/c1-14-7-8-15(2)25(14)18-6-4-5-16(9-18)22(26)24-23-12-17-10-20-21(29-13-28-20)11-19(17)27-3/h4-12H,13H2,1-3H3,(H,24,26)/b23-12+. The van der Waals surface area contributed by atoms with Crippen molar-refractivity contribution in [1.29, 1.82) is 0 Å². The summed E-state index contributed by atoms with van der Waals surface area (Å²) < 4.78 is 18.2. The topological polar surface area (TPSA) is 74.1 Å². The van der Waals surface area contributed by atoms with Gasteiger partial charge in [-0.25, -0.2) is 5.43 Å². The van der Waals surface area contributed by atoms with E-state index in [1.165, 1.54) is 6.21 Å². The number of nitrogens with one attached hydrogen (secondary N) is 1. The number of hydrogen-bond donors (Lipinski definition) is 1. The molecule has 0 radical (unpaired) electrons. The highest BCUT2D eigenvalue weighted by Crippen LogP contribution is 2.37. The quantitative estimate of drug-likeness (QED) is 0.533. The number of aryl methyl sites for hydroxylation is 2. The number of carbonyl (C=O) groups is 1. The Labute approximate surface area is 168 Å². The summed E-state index contributed by atoms with van der Waals surface area (Å²) in [5.41, 5.74) is 6.89.